The third kappa shape index (κ3) is 6.14. The second-order valence-corrected chi connectivity index (χ2v) is 11.6. The van der Waals surface area contributed by atoms with Crippen LogP contribution in [0, 0.1) is 25.2 Å². The highest BCUT2D eigenvalue weighted by Gasteiger charge is 2.40. The highest BCUT2D eigenvalue weighted by Crippen LogP contribution is 2.36. The molecule has 0 saturated carbocycles. The van der Waals surface area contributed by atoms with Gasteiger partial charge in [-0.3, -0.25) is 9.36 Å². The van der Waals surface area contributed by atoms with Crippen LogP contribution in [-0.2, 0) is 20.7 Å². The standard InChI is InChI=1S/C31H34IN5O3/c1-5-23-15-26(40-25(23)18-39-31(4,30(32)38)16-22-12-7-6-8-13-22)37-19-34-27-28(35-21(3)36-29(27)37)33-17-24-14-10-9-11-20(24)2/h1,6-8,10,12-14,19,23,25-26H,9,11,15-18H2,2-4H3,(H,33,35,36). The van der Waals surface area contributed by atoms with Crippen LogP contribution in [0.25, 0.3) is 11.2 Å². The molecule has 1 saturated heterocycles. The van der Waals surface area contributed by atoms with E-state index in [9.17, 15) is 4.79 Å². The molecular formula is C31H34IN5O3. The second-order valence-electron chi connectivity index (χ2n) is 10.7. The number of carbonyl (C=O) groups is 1. The normalized spacial score (nSPS) is 22.3. The van der Waals surface area contributed by atoms with Gasteiger partial charge in [0.15, 0.2) is 17.0 Å². The molecular weight excluding hydrogens is 617 g/mol. The zero-order valence-corrected chi connectivity index (χ0v) is 25.2. The first kappa shape index (κ1) is 28.5. The van der Waals surface area contributed by atoms with Crippen LogP contribution in [0.3, 0.4) is 0 Å². The smallest absolute Gasteiger partial charge is 0.224 e. The minimum atomic E-state index is -0.990. The molecule has 1 fully saturated rings. The number of aromatic nitrogens is 4. The molecule has 1 aliphatic carbocycles. The van der Waals surface area contributed by atoms with Crippen molar-refractivity contribution in [2.75, 3.05) is 18.5 Å². The Bertz CT molecular complexity index is 1490. The zero-order chi connectivity index (χ0) is 28.3. The Morgan fingerprint density at radius 3 is 2.83 bits per heavy atom. The summed E-state index contributed by atoms with van der Waals surface area (Å²) >= 11 is 1.81. The van der Waals surface area contributed by atoms with Gasteiger partial charge in [0.05, 0.1) is 25.0 Å². The molecule has 2 aromatic heterocycles. The number of rotatable bonds is 10. The number of terminal acetylenes is 1. The highest BCUT2D eigenvalue weighted by molar-refractivity contribution is 14.1. The summed E-state index contributed by atoms with van der Waals surface area (Å²) in [5.74, 6) is 4.03. The number of ether oxygens (including phenoxy) is 2. The van der Waals surface area contributed by atoms with Crippen LogP contribution < -0.4 is 5.32 Å². The van der Waals surface area contributed by atoms with Crippen LogP contribution in [0.4, 0.5) is 5.82 Å². The Morgan fingerprint density at radius 1 is 1.30 bits per heavy atom. The molecule has 0 bridgehead atoms. The minimum Gasteiger partial charge on any atom is -0.364 e. The van der Waals surface area contributed by atoms with Crippen LogP contribution in [0.1, 0.15) is 50.7 Å². The molecule has 4 unspecified atom stereocenters. The fourth-order valence-corrected chi connectivity index (χ4v) is 5.58. The van der Waals surface area contributed by atoms with Gasteiger partial charge in [0.2, 0.25) is 3.79 Å². The lowest BCUT2D eigenvalue weighted by Crippen LogP contribution is -2.40. The number of nitrogens with one attached hydrogen (secondary N) is 1. The van der Waals surface area contributed by atoms with Gasteiger partial charge in [-0.25, -0.2) is 15.0 Å². The van der Waals surface area contributed by atoms with Crippen molar-refractivity contribution in [3.05, 3.63) is 71.3 Å². The van der Waals surface area contributed by atoms with Crippen molar-refractivity contribution < 1.29 is 14.3 Å². The summed E-state index contributed by atoms with van der Waals surface area (Å²) in [6.45, 7) is 6.76. The zero-order valence-electron chi connectivity index (χ0n) is 23.1. The summed E-state index contributed by atoms with van der Waals surface area (Å²) in [7, 11) is 0. The average molecular weight is 652 g/mol. The largest absolute Gasteiger partial charge is 0.364 e. The molecule has 0 radical (unpaired) electrons. The predicted octanol–water partition coefficient (Wildman–Crippen LogP) is 5.73. The summed E-state index contributed by atoms with van der Waals surface area (Å²) in [6, 6.07) is 9.86. The molecule has 4 atom stereocenters. The Morgan fingerprint density at radius 2 is 2.10 bits per heavy atom. The lowest BCUT2D eigenvalue weighted by molar-refractivity contribution is -0.138. The number of benzene rings is 1. The summed E-state index contributed by atoms with van der Waals surface area (Å²) in [4.78, 5) is 26.6. The van der Waals surface area contributed by atoms with E-state index in [1.54, 1.807) is 6.33 Å². The van der Waals surface area contributed by atoms with Gasteiger partial charge in [-0.2, -0.15) is 0 Å². The van der Waals surface area contributed by atoms with Crippen molar-refractivity contribution in [3.8, 4) is 12.3 Å². The molecule has 3 aromatic rings. The number of hydrogen-bond donors (Lipinski definition) is 1. The fourth-order valence-electron chi connectivity index (χ4n) is 5.24. The van der Waals surface area contributed by atoms with Crippen molar-refractivity contribution in [3.63, 3.8) is 0 Å². The van der Waals surface area contributed by atoms with Gasteiger partial charge >= 0.3 is 0 Å². The third-order valence-corrected chi connectivity index (χ3v) is 8.80. The minimum absolute atomic E-state index is 0.0664. The Kier molecular flexibility index (Phi) is 8.68. The Labute approximate surface area is 248 Å². The van der Waals surface area contributed by atoms with Crippen molar-refractivity contribution in [2.24, 2.45) is 5.92 Å². The summed E-state index contributed by atoms with van der Waals surface area (Å²) in [5.41, 5.74) is 4.09. The van der Waals surface area contributed by atoms with E-state index in [0.717, 1.165) is 18.4 Å². The monoisotopic (exact) mass is 651 g/mol. The van der Waals surface area contributed by atoms with Crippen LogP contribution in [-0.4, -0.2) is 48.2 Å². The van der Waals surface area contributed by atoms with E-state index in [-0.39, 0.29) is 28.6 Å². The lowest BCUT2D eigenvalue weighted by Gasteiger charge is -2.28. The average Bonchev–Trinajstić information content (AvgIpc) is 3.55. The number of aryl methyl sites for hydroxylation is 1. The molecule has 0 spiro atoms. The molecule has 5 rings (SSSR count). The second kappa shape index (κ2) is 12.2. The number of nitrogens with zero attached hydrogens (tertiary/aromatic N) is 4. The van der Waals surface area contributed by atoms with Gasteiger partial charge in [-0.05, 0) is 44.7 Å². The summed E-state index contributed by atoms with van der Waals surface area (Å²) in [5, 5.41) is 3.47. The summed E-state index contributed by atoms with van der Waals surface area (Å²) < 4.78 is 14.6. The number of carbonyl (C=O) groups excluding carboxylic acids is 1. The van der Waals surface area contributed by atoms with Crippen LogP contribution in [0.2, 0.25) is 0 Å². The van der Waals surface area contributed by atoms with E-state index in [0.29, 0.717) is 42.2 Å². The van der Waals surface area contributed by atoms with E-state index in [2.05, 4.69) is 40.3 Å². The fraction of sp³-hybridized carbons (Fsp3) is 0.419. The van der Waals surface area contributed by atoms with Crippen molar-refractivity contribution >= 4 is 43.4 Å². The van der Waals surface area contributed by atoms with Gasteiger partial charge in [0.1, 0.15) is 17.7 Å². The molecule has 0 amide bonds. The Balaban J connectivity index is 1.32. The van der Waals surface area contributed by atoms with Crippen LogP contribution in [0.5, 0.6) is 0 Å². The van der Waals surface area contributed by atoms with Crippen LogP contribution >= 0.6 is 22.6 Å². The topological polar surface area (TPSA) is 91.2 Å². The van der Waals surface area contributed by atoms with Gasteiger partial charge in [-0.1, -0.05) is 48.1 Å². The Hall–Kier alpha value is -3.07. The van der Waals surface area contributed by atoms with E-state index in [1.807, 2.05) is 71.3 Å². The molecule has 1 aliphatic heterocycles. The molecule has 9 heteroatoms. The molecule has 1 aromatic carbocycles. The number of hydrogen-bond acceptors (Lipinski definition) is 7. The first-order valence-electron chi connectivity index (χ1n) is 13.6. The van der Waals surface area contributed by atoms with Gasteiger partial charge in [-0.15, -0.1) is 12.3 Å². The third-order valence-electron chi connectivity index (χ3n) is 7.66. The first-order chi connectivity index (χ1) is 19.3. The van der Waals surface area contributed by atoms with Gasteiger partial charge in [0, 0.05) is 42.0 Å². The number of fused-ring (bicyclic) bond motifs is 1. The number of anilines is 1. The first-order valence-corrected chi connectivity index (χ1v) is 14.6. The summed E-state index contributed by atoms with van der Waals surface area (Å²) in [6.07, 6.45) is 14.6. The SMILES string of the molecule is C#CC1CC(n2cnc3c(NCC4=C(C)CCC=C4)nc(C)nc32)OC1COC(C)(Cc1ccccc1)C(=O)I. The van der Waals surface area contributed by atoms with Crippen LogP contribution in [0.15, 0.2) is 60.0 Å². The number of halogens is 1. The molecule has 40 heavy (non-hydrogen) atoms. The maximum absolute atomic E-state index is 12.6. The molecule has 208 valence electrons. The molecule has 2 aliphatic rings. The van der Waals surface area contributed by atoms with Gasteiger partial charge < -0.3 is 14.8 Å². The molecule has 3 heterocycles. The number of imidazole rings is 1. The van der Waals surface area contributed by atoms with E-state index in [4.69, 9.17) is 20.9 Å². The lowest BCUT2D eigenvalue weighted by atomic mass is 9.97. The van der Waals surface area contributed by atoms with Gasteiger partial charge in [0.25, 0.3) is 0 Å². The highest BCUT2D eigenvalue weighted by atomic mass is 127. The van der Waals surface area contributed by atoms with E-state index >= 15 is 0 Å². The maximum Gasteiger partial charge on any atom is 0.224 e. The maximum atomic E-state index is 12.6. The van der Waals surface area contributed by atoms with E-state index in [1.165, 1.54) is 11.1 Å². The predicted molar refractivity (Wildman–Crippen MR) is 164 cm³/mol. The van der Waals surface area contributed by atoms with E-state index < -0.39 is 5.60 Å². The quantitative estimate of drug-likeness (QED) is 0.170. The van der Waals surface area contributed by atoms with Crippen molar-refractivity contribution in [1.82, 2.24) is 19.5 Å². The number of allylic oxidation sites excluding steroid dienone is 2. The molecule has 8 nitrogen and oxygen atoms in total. The molecule has 1 N–H and O–H groups in total. The van der Waals surface area contributed by atoms with Crippen molar-refractivity contribution in [2.45, 2.75) is 64.4 Å². The van der Waals surface area contributed by atoms with Crippen molar-refractivity contribution in [1.29, 1.82) is 0 Å².